The number of amides is 1. The lowest BCUT2D eigenvalue weighted by molar-refractivity contribution is -0.113. The van der Waals surface area contributed by atoms with Crippen LogP contribution in [0.25, 0.3) is 0 Å². The molecule has 2 aromatic rings. The number of nitrogens with zero attached hydrogens (tertiary/aromatic N) is 1. The summed E-state index contributed by atoms with van der Waals surface area (Å²) in [6.07, 6.45) is 5.73. The lowest BCUT2D eigenvalue weighted by Crippen LogP contribution is -2.22. The molecule has 0 aromatic heterocycles. The van der Waals surface area contributed by atoms with Gasteiger partial charge in [-0.15, -0.1) is 11.8 Å². The fraction of sp³-hybridized carbons (Fsp3) is 0.381. The maximum atomic E-state index is 14.3. The molecular formula is C21H23FN2OS. The number of rotatable bonds is 5. The van der Waals surface area contributed by atoms with Crippen LogP contribution in [-0.4, -0.2) is 24.7 Å². The van der Waals surface area contributed by atoms with Crippen molar-refractivity contribution < 1.29 is 9.18 Å². The van der Waals surface area contributed by atoms with E-state index in [0.717, 1.165) is 49.4 Å². The largest absolute Gasteiger partial charge is 0.370 e. The molecule has 3 nitrogen and oxygen atoms in total. The highest BCUT2D eigenvalue weighted by molar-refractivity contribution is 8.00. The van der Waals surface area contributed by atoms with Crippen LogP contribution in [-0.2, 0) is 17.6 Å². The average Bonchev–Trinajstić information content (AvgIpc) is 3.33. The Morgan fingerprint density at radius 1 is 1.08 bits per heavy atom. The van der Waals surface area contributed by atoms with Crippen molar-refractivity contribution in [3.63, 3.8) is 0 Å². The Morgan fingerprint density at radius 2 is 1.88 bits per heavy atom. The van der Waals surface area contributed by atoms with Crippen molar-refractivity contribution in [3.8, 4) is 0 Å². The van der Waals surface area contributed by atoms with E-state index in [0.29, 0.717) is 5.69 Å². The number of benzene rings is 2. The van der Waals surface area contributed by atoms with Gasteiger partial charge >= 0.3 is 0 Å². The van der Waals surface area contributed by atoms with Gasteiger partial charge in [0.25, 0.3) is 0 Å². The third-order valence-corrected chi connectivity index (χ3v) is 6.14. The van der Waals surface area contributed by atoms with E-state index in [1.54, 1.807) is 6.07 Å². The molecule has 2 aromatic carbocycles. The second-order valence-corrected chi connectivity index (χ2v) is 8.00. The number of fused-ring (bicyclic) bond motifs is 1. The number of para-hydroxylation sites is 1. The van der Waals surface area contributed by atoms with Crippen LogP contribution in [0.4, 0.5) is 15.8 Å². The van der Waals surface area contributed by atoms with Crippen LogP contribution in [0.5, 0.6) is 0 Å². The highest BCUT2D eigenvalue weighted by Gasteiger charge is 2.20. The number of carbonyl (C=O) groups is 1. The molecule has 0 saturated carbocycles. The van der Waals surface area contributed by atoms with Gasteiger partial charge in [-0.05, 0) is 67.5 Å². The SMILES string of the molecule is O=C(CSc1ccc2c(c1)CCC2)Nc1c(F)cccc1N1CCCC1. The zero-order valence-corrected chi connectivity index (χ0v) is 15.6. The summed E-state index contributed by atoms with van der Waals surface area (Å²) in [5, 5.41) is 2.80. The first-order valence-corrected chi connectivity index (χ1v) is 10.3. The minimum atomic E-state index is -0.370. The number of nitrogens with one attached hydrogen (secondary N) is 1. The molecule has 1 aliphatic heterocycles. The van der Waals surface area contributed by atoms with Crippen LogP contribution < -0.4 is 10.2 Å². The van der Waals surface area contributed by atoms with Gasteiger partial charge in [0, 0.05) is 18.0 Å². The zero-order chi connectivity index (χ0) is 17.9. The van der Waals surface area contributed by atoms with Crippen LogP contribution >= 0.6 is 11.8 Å². The maximum Gasteiger partial charge on any atom is 0.234 e. The van der Waals surface area contributed by atoms with Gasteiger partial charge in [-0.1, -0.05) is 12.1 Å². The number of aryl methyl sites for hydroxylation is 2. The standard InChI is InChI=1S/C21H23FN2OS/c22-18-7-4-8-19(24-11-1-2-12-24)21(18)23-20(25)14-26-17-10-9-15-5-3-6-16(15)13-17/h4,7-10,13H,1-3,5-6,11-12,14H2,(H,23,25). The van der Waals surface area contributed by atoms with Gasteiger partial charge in [0.1, 0.15) is 11.5 Å². The lowest BCUT2D eigenvalue weighted by Gasteiger charge is -2.22. The summed E-state index contributed by atoms with van der Waals surface area (Å²) >= 11 is 1.51. The minimum absolute atomic E-state index is 0.166. The number of anilines is 2. The van der Waals surface area contributed by atoms with Crippen molar-refractivity contribution in [3.05, 3.63) is 53.3 Å². The van der Waals surface area contributed by atoms with Crippen molar-refractivity contribution >= 4 is 29.0 Å². The fourth-order valence-electron chi connectivity index (χ4n) is 3.82. The highest BCUT2D eigenvalue weighted by atomic mass is 32.2. The molecule has 1 saturated heterocycles. The van der Waals surface area contributed by atoms with Crippen LogP contribution in [0.15, 0.2) is 41.3 Å². The van der Waals surface area contributed by atoms with Gasteiger partial charge in [0.2, 0.25) is 5.91 Å². The second-order valence-electron chi connectivity index (χ2n) is 6.95. The van der Waals surface area contributed by atoms with Crippen molar-refractivity contribution in [2.24, 2.45) is 0 Å². The van der Waals surface area contributed by atoms with E-state index >= 15 is 0 Å². The summed E-state index contributed by atoms with van der Waals surface area (Å²) in [5.41, 5.74) is 3.94. The highest BCUT2D eigenvalue weighted by Crippen LogP contribution is 2.32. The monoisotopic (exact) mass is 370 g/mol. The van der Waals surface area contributed by atoms with Gasteiger partial charge in [0.05, 0.1) is 11.4 Å². The van der Waals surface area contributed by atoms with Crippen LogP contribution in [0, 0.1) is 5.82 Å². The third-order valence-electron chi connectivity index (χ3n) is 5.14. The van der Waals surface area contributed by atoms with Crippen molar-refractivity contribution in [2.75, 3.05) is 29.1 Å². The molecule has 0 spiro atoms. The van der Waals surface area contributed by atoms with E-state index < -0.39 is 0 Å². The molecular weight excluding hydrogens is 347 g/mol. The van der Waals surface area contributed by atoms with Crippen LogP contribution in [0.1, 0.15) is 30.4 Å². The summed E-state index contributed by atoms with van der Waals surface area (Å²) in [4.78, 5) is 15.7. The summed E-state index contributed by atoms with van der Waals surface area (Å²) in [6.45, 7) is 1.83. The molecule has 0 atom stereocenters. The Labute approximate surface area is 158 Å². The molecule has 0 radical (unpaired) electrons. The first-order chi connectivity index (χ1) is 12.7. The first kappa shape index (κ1) is 17.4. The summed E-state index contributed by atoms with van der Waals surface area (Å²) in [5.74, 6) is -0.252. The first-order valence-electron chi connectivity index (χ1n) is 9.28. The van der Waals surface area contributed by atoms with Gasteiger partial charge in [-0.3, -0.25) is 4.79 Å². The van der Waals surface area contributed by atoms with E-state index in [9.17, 15) is 9.18 Å². The predicted molar refractivity (Wildman–Crippen MR) is 106 cm³/mol. The van der Waals surface area contributed by atoms with Crippen molar-refractivity contribution in [1.82, 2.24) is 0 Å². The molecule has 5 heteroatoms. The van der Waals surface area contributed by atoms with E-state index in [4.69, 9.17) is 0 Å². The number of hydrogen-bond donors (Lipinski definition) is 1. The molecule has 0 unspecified atom stereocenters. The van der Waals surface area contributed by atoms with Crippen LogP contribution in [0.3, 0.4) is 0 Å². The Bertz CT molecular complexity index is 818. The molecule has 4 rings (SSSR count). The molecule has 1 fully saturated rings. The van der Waals surface area contributed by atoms with E-state index in [1.165, 1.54) is 35.4 Å². The van der Waals surface area contributed by atoms with E-state index in [-0.39, 0.29) is 17.5 Å². The second kappa shape index (κ2) is 7.70. The molecule has 26 heavy (non-hydrogen) atoms. The normalized spacial score (nSPS) is 16.0. The smallest absolute Gasteiger partial charge is 0.234 e. The van der Waals surface area contributed by atoms with Crippen molar-refractivity contribution in [1.29, 1.82) is 0 Å². The molecule has 0 bridgehead atoms. The Morgan fingerprint density at radius 3 is 2.73 bits per heavy atom. The average molecular weight is 370 g/mol. The van der Waals surface area contributed by atoms with Crippen LogP contribution in [0.2, 0.25) is 0 Å². The zero-order valence-electron chi connectivity index (χ0n) is 14.8. The summed E-state index contributed by atoms with van der Waals surface area (Å²) in [6, 6.07) is 11.4. The van der Waals surface area contributed by atoms with E-state index in [2.05, 4.69) is 28.4 Å². The minimum Gasteiger partial charge on any atom is -0.370 e. The predicted octanol–water partition coefficient (Wildman–Crippen LogP) is 4.65. The van der Waals surface area contributed by atoms with Gasteiger partial charge in [-0.2, -0.15) is 0 Å². The van der Waals surface area contributed by atoms with Gasteiger partial charge < -0.3 is 10.2 Å². The Balaban J connectivity index is 1.42. The van der Waals surface area contributed by atoms with E-state index in [1.807, 2.05) is 6.07 Å². The van der Waals surface area contributed by atoms with Crippen molar-refractivity contribution in [2.45, 2.75) is 37.0 Å². The summed E-state index contributed by atoms with van der Waals surface area (Å²) in [7, 11) is 0. The number of carbonyl (C=O) groups excluding carboxylic acids is 1. The van der Waals surface area contributed by atoms with Gasteiger partial charge in [-0.25, -0.2) is 4.39 Å². The quantitative estimate of drug-likeness (QED) is 0.778. The number of hydrogen-bond acceptors (Lipinski definition) is 3. The Kier molecular flexibility index (Phi) is 5.16. The molecule has 1 heterocycles. The molecule has 2 aliphatic rings. The Hall–Kier alpha value is -2.01. The lowest BCUT2D eigenvalue weighted by atomic mass is 10.1. The third kappa shape index (κ3) is 3.73. The number of thioether (sulfide) groups is 1. The number of halogens is 1. The molecule has 136 valence electrons. The summed E-state index contributed by atoms with van der Waals surface area (Å²) < 4.78 is 14.3. The topological polar surface area (TPSA) is 32.3 Å². The van der Waals surface area contributed by atoms with Gasteiger partial charge in [0.15, 0.2) is 0 Å². The molecule has 1 N–H and O–H groups in total. The molecule has 1 amide bonds. The molecule has 1 aliphatic carbocycles. The maximum absolute atomic E-state index is 14.3. The fourth-order valence-corrected chi connectivity index (χ4v) is 4.58.